The molecule has 0 aromatic heterocycles. The van der Waals surface area contributed by atoms with E-state index in [-0.39, 0.29) is 11.8 Å². The first-order chi connectivity index (χ1) is 11.8. The number of carbonyl (C=O) groups is 3. The minimum atomic E-state index is -1.26. The summed E-state index contributed by atoms with van der Waals surface area (Å²) in [4.78, 5) is 33.8. The Morgan fingerprint density at radius 1 is 1.04 bits per heavy atom. The van der Waals surface area contributed by atoms with Crippen LogP contribution >= 0.6 is 0 Å². The summed E-state index contributed by atoms with van der Waals surface area (Å²) in [6.07, 6.45) is 4.88. The minimum absolute atomic E-state index is 0.0251. The number of rotatable bonds is 5. The van der Waals surface area contributed by atoms with Crippen molar-refractivity contribution in [1.29, 1.82) is 0 Å². The van der Waals surface area contributed by atoms with Gasteiger partial charge in [0.15, 0.2) is 5.78 Å². The van der Waals surface area contributed by atoms with E-state index in [1.54, 1.807) is 0 Å². The lowest BCUT2D eigenvalue weighted by Gasteiger charge is -2.31. The number of ketones is 1. The van der Waals surface area contributed by atoms with Crippen molar-refractivity contribution >= 4 is 17.7 Å². The van der Waals surface area contributed by atoms with Crippen molar-refractivity contribution in [3.05, 3.63) is 47.5 Å². The van der Waals surface area contributed by atoms with Gasteiger partial charge < -0.3 is 10.2 Å². The fourth-order valence-corrected chi connectivity index (χ4v) is 2.65. The molecule has 136 valence electrons. The Bertz CT molecular complexity index is 616. The highest BCUT2D eigenvalue weighted by molar-refractivity contribution is 6.00. The van der Waals surface area contributed by atoms with Crippen molar-refractivity contribution in [3.8, 4) is 0 Å². The van der Waals surface area contributed by atoms with Crippen LogP contribution in [0.2, 0.25) is 0 Å². The molecule has 0 spiro atoms. The molecule has 0 aliphatic carbocycles. The molecule has 1 aliphatic heterocycles. The molecule has 1 aliphatic rings. The van der Waals surface area contributed by atoms with Crippen molar-refractivity contribution in [2.75, 3.05) is 13.1 Å². The standard InChI is InChI=1S/C15H21NO.C4H4O4/c1-12-7-6-8-14(11-12)15(17)13(2)16-9-4-3-5-10-16;5-3(6)1-2-4(7)8/h6-8,11,13H,3-5,9-10H2,1-2H3;1-2H,(H,5,6)(H,7,8)/b;2-1+. The summed E-state index contributed by atoms with van der Waals surface area (Å²) < 4.78 is 0. The summed E-state index contributed by atoms with van der Waals surface area (Å²) in [5.41, 5.74) is 2.00. The number of Topliss-reactive ketones (excluding diaryl/α,β-unsaturated/α-hetero) is 1. The van der Waals surface area contributed by atoms with Gasteiger partial charge in [-0.25, -0.2) is 9.59 Å². The highest BCUT2D eigenvalue weighted by Crippen LogP contribution is 2.16. The fourth-order valence-electron chi connectivity index (χ4n) is 2.65. The van der Waals surface area contributed by atoms with Gasteiger partial charge in [-0.3, -0.25) is 9.69 Å². The number of nitrogens with zero attached hydrogens (tertiary/aromatic N) is 1. The normalized spacial score (nSPS) is 15.9. The maximum Gasteiger partial charge on any atom is 0.328 e. The van der Waals surface area contributed by atoms with E-state index in [0.29, 0.717) is 12.2 Å². The number of aryl methyl sites for hydroxylation is 1. The van der Waals surface area contributed by atoms with E-state index in [9.17, 15) is 14.4 Å². The fraction of sp³-hybridized carbons (Fsp3) is 0.421. The topological polar surface area (TPSA) is 94.9 Å². The van der Waals surface area contributed by atoms with Crippen LogP contribution in [0.5, 0.6) is 0 Å². The lowest BCUT2D eigenvalue weighted by atomic mass is 10.0. The van der Waals surface area contributed by atoms with E-state index in [2.05, 4.69) is 4.90 Å². The summed E-state index contributed by atoms with van der Waals surface area (Å²) in [5.74, 6) is -2.25. The minimum Gasteiger partial charge on any atom is -0.478 e. The average Bonchev–Trinajstić information content (AvgIpc) is 2.60. The van der Waals surface area contributed by atoms with Crippen molar-refractivity contribution in [3.63, 3.8) is 0 Å². The van der Waals surface area contributed by atoms with Crippen molar-refractivity contribution in [1.82, 2.24) is 4.90 Å². The number of hydrogen-bond acceptors (Lipinski definition) is 4. The number of likely N-dealkylation sites (tertiary alicyclic amines) is 1. The number of piperidine rings is 1. The highest BCUT2D eigenvalue weighted by atomic mass is 16.4. The van der Waals surface area contributed by atoms with Crippen LogP contribution in [-0.2, 0) is 9.59 Å². The maximum absolute atomic E-state index is 12.4. The number of benzene rings is 1. The molecule has 6 nitrogen and oxygen atoms in total. The molecule has 6 heteroatoms. The van der Waals surface area contributed by atoms with Crippen LogP contribution in [0.4, 0.5) is 0 Å². The lowest BCUT2D eigenvalue weighted by Crippen LogP contribution is -2.42. The molecule has 0 bridgehead atoms. The quantitative estimate of drug-likeness (QED) is 0.628. The second-order valence-electron chi connectivity index (χ2n) is 6.02. The van der Waals surface area contributed by atoms with E-state index in [1.807, 2.05) is 38.1 Å². The molecule has 1 aromatic carbocycles. The van der Waals surface area contributed by atoms with Gasteiger partial charge in [0.1, 0.15) is 0 Å². The van der Waals surface area contributed by atoms with Crippen molar-refractivity contribution < 1.29 is 24.6 Å². The summed E-state index contributed by atoms with van der Waals surface area (Å²) >= 11 is 0. The van der Waals surface area contributed by atoms with Crippen LogP contribution in [0.3, 0.4) is 0 Å². The van der Waals surface area contributed by atoms with Crippen LogP contribution in [0.1, 0.15) is 42.1 Å². The van der Waals surface area contributed by atoms with E-state index in [1.165, 1.54) is 19.3 Å². The third-order valence-electron chi connectivity index (χ3n) is 3.99. The monoisotopic (exact) mass is 347 g/mol. The average molecular weight is 347 g/mol. The molecule has 1 fully saturated rings. The number of carboxylic acids is 2. The third kappa shape index (κ3) is 7.76. The SMILES string of the molecule is Cc1cccc(C(=O)C(C)N2CCCCC2)c1.O=C(O)/C=C/C(=O)O. The summed E-state index contributed by atoms with van der Waals surface area (Å²) in [6.45, 7) is 6.20. The van der Waals surface area contributed by atoms with Gasteiger partial charge in [-0.15, -0.1) is 0 Å². The Hall–Kier alpha value is -2.47. The van der Waals surface area contributed by atoms with Gasteiger partial charge in [0.05, 0.1) is 6.04 Å². The Labute approximate surface area is 147 Å². The molecule has 1 atom stereocenters. The smallest absolute Gasteiger partial charge is 0.328 e. The lowest BCUT2D eigenvalue weighted by molar-refractivity contribution is -0.134. The second kappa shape index (κ2) is 10.4. The largest absolute Gasteiger partial charge is 0.478 e. The highest BCUT2D eigenvalue weighted by Gasteiger charge is 2.23. The van der Waals surface area contributed by atoms with Gasteiger partial charge in [-0.05, 0) is 45.8 Å². The van der Waals surface area contributed by atoms with Crippen LogP contribution in [0.15, 0.2) is 36.4 Å². The van der Waals surface area contributed by atoms with Gasteiger partial charge in [-0.2, -0.15) is 0 Å². The molecule has 2 rings (SSSR count). The van der Waals surface area contributed by atoms with Gasteiger partial charge >= 0.3 is 11.9 Å². The number of carboxylic acid groups (broad SMARTS) is 2. The van der Waals surface area contributed by atoms with Crippen LogP contribution in [0.25, 0.3) is 0 Å². The molecule has 1 aromatic rings. The third-order valence-corrected chi connectivity index (χ3v) is 3.99. The predicted octanol–water partition coefficient (Wildman–Crippen LogP) is 2.76. The summed E-state index contributed by atoms with van der Waals surface area (Å²) in [6, 6.07) is 7.93. The van der Waals surface area contributed by atoms with E-state index >= 15 is 0 Å². The molecule has 0 radical (unpaired) electrons. The van der Waals surface area contributed by atoms with Gasteiger partial charge in [0.2, 0.25) is 0 Å². The summed E-state index contributed by atoms with van der Waals surface area (Å²) in [7, 11) is 0. The Morgan fingerprint density at radius 2 is 1.60 bits per heavy atom. The van der Waals surface area contributed by atoms with E-state index in [4.69, 9.17) is 10.2 Å². The zero-order chi connectivity index (χ0) is 18.8. The molecule has 1 unspecified atom stereocenters. The zero-order valence-electron chi connectivity index (χ0n) is 14.6. The van der Waals surface area contributed by atoms with Crippen molar-refractivity contribution in [2.24, 2.45) is 0 Å². The van der Waals surface area contributed by atoms with E-state index in [0.717, 1.165) is 24.2 Å². The summed E-state index contributed by atoms with van der Waals surface area (Å²) in [5, 5.41) is 15.6. The Kier molecular flexibility index (Phi) is 8.56. The molecule has 25 heavy (non-hydrogen) atoms. The van der Waals surface area contributed by atoms with Gasteiger partial charge in [0.25, 0.3) is 0 Å². The zero-order valence-corrected chi connectivity index (χ0v) is 14.6. The number of carbonyl (C=O) groups excluding carboxylic acids is 1. The van der Waals surface area contributed by atoms with Crippen LogP contribution in [-0.4, -0.2) is 52.0 Å². The molecular formula is C19H25NO5. The Balaban J connectivity index is 0.000000333. The first-order valence-electron chi connectivity index (χ1n) is 8.30. The first kappa shape index (κ1) is 20.6. The molecular weight excluding hydrogens is 322 g/mol. The first-order valence-corrected chi connectivity index (χ1v) is 8.30. The predicted molar refractivity (Wildman–Crippen MR) is 94.8 cm³/mol. The molecule has 2 N–H and O–H groups in total. The molecule has 0 saturated carbocycles. The molecule has 0 amide bonds. The number of hydrogen-bond donors (Lipinski definition) is 2. The van der Waals surface area contributed by atoms with E-state index < -0.39 is 11.9 Å². The van der Waals surface area contributed by atoms with Crippen molar-refractivity contribution in [2.45, 2.75) is 39.2 Å². The van der Waals surface area contributed by atoms with Crippen LogP contribution < -0.4 is 0 Å². The second-order valence-corrected chi connectivity index (χ2v) is 6.02. The Morgan fingerprint density at radius 3 is 2.08 bits per heavy atom. The van der Waals surface area contributed by atoms with Gasteiger partial charge in [-0.1, -0.05) is 30.2 Å². The molecule has 1 saturated heterocycles. The molecule has 1 heterocycles. The maximum atomic E-state index is 12.4. The van der Waals surface area contributed by atoms with Crippen LogP contribution in [0, 0.1) is 6.92 Å². The number of aliphatic carboxylic acids is 2. The van der Waals surface area contributed by atoms with Gasteiger partial charge in [0, 0.05) is 17.7 Å².